The first kappa shape index (κ1) is 14.9. The van der Waals surface area contributed by atoms with Gasteiger partial charge in [0.05, 0.1) is 12.0 Å². The highest BCUT2D eigenvalue weighted by molar-refractivity contribution is 7.11. The van der Waals surface area contributed by atoms with Crippen molar-refractivity contribution in [1.29, 1.82) is 0 Å². The van der Waals surface area contributed by atoms with Crippen molar-refractivity contribution in [2.75, 3.05) is 6.61 Å². The Bertz CT molecular complexity index is 572. The van der Waals surface area contributed by atoms with Crippen molar-refractivity contribution in [2.45, 2.75) is 11.8 Å². The van der Waals surface area contributed by atoms with E-state index < -0.39 is 5.41 Å². The molecule has 0 aliphatic carbocycles. The van der Waals surface area contributed by atoms with E-state index in [1.807, 2.05) is 41.1 Å². The summed E-state index contributed by atoms with van der Waals surface area (Å²) >= 11 is 3.12. The first-order valence-electron chi connectivity index (χ1n) is 6.23. The van der Waals surface area contributed by atoms with Gasteiger partial charge in [-0.2, -0.15) is 0 Å². The quantitative estimate of drug-likeness (QED) is 0.622. The average molecular weight is 304 g/mol. The van der Waals surface area contributed by atoms with Crippen LogP contribution in [-0.2, 0) is 10.2 Å². The standard InChI is InChI=1S/C16H16O2S2/c1-2-16(12-18,15-6-4-10-20-15)8-7-13(11-17)14-5-3-9-19-14/h2-7,9-10,12,17H,1,8,11H2/b13-7+/t16-/m1/s1. The van der Waals surface area contributed by atoms with Crippen LogP contribution in [0.5, 0.6) is 0 Å². The second-order valence-electron chi connectivity index (χ2n) is 4.41. The van der Waals surface area contributed by atoms with Gasteiger partial charge in [-0.25, -0.2) is 0 Å². The van der Waals surface area contributed by atoms with Crippen LogP contribution in [0, 0.1) is 0 Å². The Morgan fingerprint density at radius 2 is 2.05 bits per heavy atom. The summed E-state index contributed by atoms with van der Waals surface area (Å²) in [5, 5.41) is 13.4. The number of hydrogen-bond acceptors (Lipinski definition) is 4. The third-order valence-corrected chi connectivity index (χ3v) is 5.26. The molecule has 2 heterocycles. The largest absolute Gasteiger partial charge is 0.392 e. The fourth-order valence-corrected chi connectivity index (χ4v) is 3.63. The van der Waals surface area contributed by atoms with Gasteiger partial charge < -0.3 is 9.90 Å². The Kier molecular flexibility index (Phi) is 5.06. The Labute approximate surface area is 126 Å². The van der Waals surface area contributed by atoms with Crippen LogP contribution in [0.3, 0.4) is 0 Å². The SMILES string of the molecule is C=C[C@](C=O)(C/C=C(\CO)c1cccs1)c1cccs1. The molecule has 0 saturated carbocycles. The molecule has 0 fully saturated rings. The van der Waals surface area contributed by atoms with Gasteiger partial charge >= 0.3 is 0 Å². The van der Waals surface area contributed by atoms with E-state index in [9.17, 15) is 9.90 Å². The van der Waals surface area contributed by atoms with Gasteiger partial charge in [-0.3, -0.25) is 0 Å². The minimum atomic E-state index is -0.703. The lowest BCUT2D eigenvalue weighted by molar-refractivity contribution is -0.111. The first-order valence-corrected chi connectivity index (χ1v) is 7.99. The Morgan fingerprint density at radius 3 is 2.55 bits per heavy atom. The molecule has 20 heavy (non-hydrogen) atoms. The summed E-state index contributed by atoms with van der Waals surface area (Å²) in [6, 6.07) is 7.79. The van der Waals surface area contributed by atoms with Crippen molar-refractivity contribution >= 4 is 34.5 Å². The number of aldehydes is 1. The van der Waals surface area contributed by atoms with Crippen LogP contribution >= 0.6 is 22.7 Å². The zero-order chi connectivity index (χ0) is 14.4. The summed E-state index contributed by atoms with van der Waals surface area (Å²) in [6.45, 7) is 3.78. The van der Waals surface area contributed by atoms with E-state index >= 15 is 0 Å². The number of thiophene rings is 2. The maximum atomic E-state index is 11.6. The highest BCUT2D eigenvalue weighted by Crippen LogP contribution is 2.33. The Balaban J connectivity index is 2.29. The number of carbonyl (C=O) groups is 1. The molecular formula is C16H16O2S2. The number of carbonyl (C=O) groups excluding carboxylic acids is 1. The molecule has 0 aliphatic rings. The summed E-state index contributed by atoms with van der Waals surface area (Å²) in [5.74, 6) is 0. The second-order valence-corrected chi connectivity index (χ2v) is 6.30. The summed E-state index contributed by atoms with van der Waals surface area (Å²) in [4.78, 5) is 13.6. The van der Waals surface area contributed by atoms with Gasteiger partial charge in [-0.1, -0.05) is 24.3 Å². The van der Waals surface area contributed by atoms with Crippen molar-refractivity contribution in [3.05, 3.63) is 63.5 Å². The molecule has 2 rings (SSSR count). The summed E-state index contributed by atoms with van der Waals surface area (Å²) in [5.41, 5.74) is 0.149. The predicted molar refractivity (Wildman–Crippen MR) is 86.3 cm³/mol. The van der Waals surface area contributed by atoms with Crippen molar-refractivity contribution in [3.8, 4) is 0 Å². The summed E-state index contributed by atoms with van der Waals surface area (Å²) in [6.07, 6.45) is 5.06. The fraction of sp³-hybridized carbons (Fsp3) is 0.188. The first-order chi connectivity index (χ1) is 9.75. The molecule has 1 N–H and O–H groups in total. The third kappa shape index (κ3) is 2.98. The third-order valence-electron chi connectivity index (χ3n) is 3.25. The Hall–Kier alpha value is -1.49. The van der Waals surface area contributed by atoms with E-state index in [-0.39, 0.29) is 6.61 Å². The van der Waals surface area contributed by atoms with Crippen molar-refractivity contribution in [2.24, 2.45) is 0 Å². The number of allylic oxidation sites excluding steroid dienone is 2. The lowest BCUT2D eigenvalue weighted by Gasteiger charge is -2.21. The molecule has 1 atom stereocenters. The maximum Gasteiger partial charge on any atom is 0.135 e. The predicted octanol–water partition coefficient (Wildman–Crippen LogP) is 3.90. The molecule has 0 spiro atoms. The van der Waals surface area contributed by atoms with E-state index in [2.05, 4.69) is 6.58 Å². The lowest BCUT2D eigenvalue weighted by Crippen LogP contribution is -2.23. The molecule has 0 aliphatic heterocycles. The molecule has 0 bridgehead atoms. The van der Waals surface area contributed by atoms with Crippen LogP contribution in [0.1, 0.15) is 16.2 Å². The van der Waals surface area contributed by atoms with Crippen molar-refractivity contribution in [1.82, 2.24) is 0 Å². The van der Waals surface area contributed by atoms with E-state index in [0.717, 1.165) is 21.6 Å². The summed E-state index contributed by atoms with van der Waals surface area (Å²) < 4.78 is 0. The molecule has 0 amide bonds. The number of rotatable bonds is 7. The van der Waals surface area contributed by atoms with Gasteiger partial charge in [0.25, 0.3) is 0 Å². The van der Waals surface area contributed by atoms with E-state index in [1.165, 1.54) is 0 Å². The molecule has 0 saturated heterocycles. The smallest absolute Gasteiger partial charge is 0.135 e. The van der Waals surface area contributed by atoms with Crippen LogP contribution in [0.2, 0.25) is 0 Å². The van der Waals surface area contributed by atoms with Gasteiger partial charge in [0.2, 0.25) is 0 Å². The molecule has 104 valence electrons. The second kappa shape index (κ2) is 6.79. The number of aliphatic hydroxyl groups excluding tert-OH is 1. The van der Waals surface area contributed by atoms with Crippen molar-refractivity contribution in [3.63, 3.8) is 0 Å². The lowest BCUT2D eigenvalue weighted by atomic mass is 9.84. The van der Waals surface area contributed by atoms with Gasteiger partial charge in [0.1, 0.15) is 6.29 Å². The molecule has 0 unspecified atom stereocenters. The van der Waals surface area contributed by atoms with E-state index in [4.69, 9.17) is 0 Å². The Morgan fingerprint density at radius 1 is 1.30 bits per heavy atom. The highest BCUT2D eigenvalue weighted by atomic mass is 32.1. The summed E-state index contributed by atoms with van der Waals surface area (Å²) in [7, 11) is 0. The van der Waals surface area contributed by atoms with Gasteiger partial charge in [0.15, 0.2) is 0 Å². The molecule has 2 aromatic rings. The minimum Gasteiger partial charge on any atom is -0.392 e. The molecule has 2 nitrogen and oxygen atoms in total. The maximum absolute atomic E-state index is 11.6. The zero-order valence-corrected chi connectivity index (χ0v) is 12.6. The fourth-order valence-electron chi connectivity index (χ4n) is 1.98. The normalized spacial score (nSPS) is 14.8. The number of aliphatic hydroxyl groups is 1. The average Bonchev–Trinajstić information content (AvgIpc) is 3.17. The molecule has 4 heteroatoms. The topological polar surface area (TPSA) is 37.3 Å². The zero-order valence-electron chi connectivity index (χ0n) is 11.0. The molecule has 0 radical (unpaired) electrons. The van der Waals surface area contributed by atoms with Crippen LogP contribution in [0.15, 0.2) is 53.8 Å². The minimum absolute atomic E-state index is 0.0307. The van der Waals surface area contributed by atoms with E-state index in [0.29, 0.717) is 6.42 Å². The monoisotopic (exact) mass is 304 g/mol. The van der Waals surface area contributed by atoms with Crippen LogP contribution in [0.4, 0.5) is 0 Å². The van der Waals surface area contributed by atoms with Crippen molar-refractivity contribution < 1.29 is 9.90 Å². The molecule has 2 aromatic heterocycles. The number of hydrogen-bond donors (Lipinski definition) is 1. The van der Waals surface area contributed by atoms with Gasteiger partial charge in [-0.05, 0) is 34.9 Å². The molecule has 0 aromatic carbocycles. The highest BCUT2D eigenvalue weighted by Gasteiger charge is 2.28. The van der Waals surface area contributed by atoms with E-state index in [1.54, 1.807) is 28.7 Å². The molecular weight excluding hydrogens is 288 g/mol. The van der Waals surface area contributed by atoms with Crippen LogP contribution in [-0.4, -0.2) is 18.0 Å². The van der Waals surface area contributed by atoms with Crippen LogP contribution in [0.25, 0.3) is 5.57 Å². The van der Waals surface area contributed by atoms with Gasteiger partial charge in [-0.15, -0.1) is 29.3 Å². The van der Waals surface area contributed by atoms with Crippen LogP contribution < -0.4 is 0 Å². The van der Waals surface area contributed by atoms with Gasteiger partial charge in [0, 0.05) is 9.75 Å².